The fourth-order valence-corrected chi connectivity index (χ4v) is 13.3. The van der Waals surface area contributed by atoms with Crippen LogP contribution in [0.3, 0.4) is 0 Å². The molecule has 2 unspecified atom stereocenters. The second kappa shape index (κ2) is 33.6. The molecule has 2 heterocycles. The normalized spacial score (nSPS) is 12.7. The van der Waals surface area contributed by atoms with Crippen molar-refractivity contribution in [2.75, 3.05) is 89.7 Å². The smallest absolute Gasteiger partial charge is 0.744 e. The largest absolute Gasteiger partial charge is 1.00 e. The monoisotopic (exact) mass is 1320 g/mol. The first kappa shape index (κ1) is 72.6. The van der Waals surface area contributed by atoms with Gasteiger partial charge in [-0.25, -0.2) is 18.4 Å². The van der Waals surface area contributed by atoms with Crippen molar-refractivity contribution in [3.05, 3.63) is 102 Å². The van der Waals surface area contributed by atoms with Gasteiger partial charge in [-0.2, -0.15) is 37.3 Å². The molecule has 5 aromatic carbocycles. The molecule has 7 rings (SSSR count). The van der Waals surface area contributed by atoms with E-state index in [2.05, 4.69) is 46.0 Å². The number of rotatable bonds is 30. The van der Waals surface area contributed by atoms with Crippen LogP contribution < -0.4 is 40.2 Å². The minimum Gasteiger partial charge on any atom is -0.744 e. The number of nitrogens with zero attached hydrogens (tertiary/aromatic N) is 7. The van der Waals surface area contributed by atoms with Gasteiger partial charge in [0.1, 0.15) is 29.9 Å². The molecule has 88 heavy (non-hydrogen) atoms. The first-order valence-electron chi connectivity index (χ1n) is 26.0. The van der Waals surface area contributed by atoms with E-state index in [0.717, 1.165) is 74.4 Å². The number of ketones is 2. The van der Waals surface area contributed by atoms with Gasteiger partial charge in [0.05, 0.1) is 102 Å². The molecule has 7 N–H and O–H groups in total. The molecule has 0 aliphatic heterocycles. The number of anilines is 2. The Morgan fingerprint density at radius 1 is 0.580 bits per heavy atom. The number of aliphatic hydroxyl groups excluding tert-OH is 3. The summed E-state index contributed by atoms with van der Waals surface area (Å²) in [6.45, 7) is 10.1. The van der Waals surface area contributed by atoms with Gasteiger partial charge in [0.25, 0.3) is 32.1 Å². The minimum atomic E-state index is -5.12. The van der Waals surface area contributed by atoms with Gasteiger partial charge in [-0.1, -0.05) is 12.1 Å². The Morgan fingerprint density at radius 3 is 1.38 bits per heavy atom. The molecule has 2 amide bonds. The number of aromatic nitrogens is 2. The van der Waals surface area contributed by atoms with Crippen LogP contribution >= 0.6 is 22.7 Å². The first-order valence-corrected chi connectivity index (χ1v) is 31.9. The summed E-state index contributed by atoms with van der Waals surface area (Å²) in [7, 11) is -14.4. The molecule has 0 aliphatic carbocycles. The molecular weight excluding hydrogens is 1260 g/mol. The van der Waals surface area contributed by atoms with Crippen molar-refractivity contribution in [1.29, 1.82) is 0 Å². The van der Waals surface area contributed by atoms with E-state index in [9.17, 15) is 58.1 Å². The topological polar surface area (TPSA) is 425 Å². The summed E-state index contributed by atoms with van der Waals surface area (Å²) in [6, 6.07) is 17.9. The van der Waals surface area contributed by atoms with E-state index < -0.39 is 76.4 Å². The predicted octanol–water partition coefficient (Wildman–Crippen LogP) is 2.93. The Bertz CT molecular complexity index is 3970. The zero-order chi connectivity index (χ0) is 63.6. The molecule has 0 spiro atoms. The maximum atomic E-state index is 13.3. The average Bonchev–Trinajstić information content (AvgIpc) is 2.28. The quantitative estimate of drug-likeness (QED) is 0.0112. The standard InChI is InChI=1S/C42H34N8O13S5.C12H27NO6.Na/c1-20-5-16-30-35(37(20)67(58,59)60)64-41(45-30)24-7-11-26(12-8-24)47-49-33(22(3)51)39(53)43-28-15-18-29(32(19-28)66(55,56)57)44-40(54)34(23(4)52)50-48-27-13-9-25(10-14-27)42-46-31-17-6-21(2)38(36(31)65-42)68(61,62)63;14-4-10-17-7-1-13(2-8-18-11-5-15)3-9-19-12-6-16;/h5-19,33-34H,1-4H3,(H,43,53)(H,44,54)(H,55,56,57)(H,58,59,60)(H,61,62,63);14-16H,1-12H2;/q;;+1/p-1. The van der Waals surface area contributed by atoms with Crippen molar-refractivity contribution in [3.8, 4) is 21.1 Å². The number of ether oxygens (including phenoxy) is 3. The maximum Gasteiger partial charge on any atom is 1.00 e. The van der Waals surface area contributed by atoms with Gasteiger partial charge in [0.2, 0.25) is 12.1 Å². The minimum absolute atomic E-state index is 0. The van der Waals surface area contributed by atoms with Crippen molar-refractivity contribution in [1.82, 2.24) is 14.9 Å². The SMILES string of the molecule is CC(=O)C(N=Nc1ccc(-c2nc3ccc(C)c(S(=O)(=O)O)c3s2)cc1)C(=O)Nc1ccc(NC(=O)C(N=Nc2ccc(-c3nc4ccc(C)c(S(=O)(=O)[O-])c4s3)cc2)C(C)=O)c(S(=O)(=O)O)c1.OCCOCCN(CCOCCO)CCOCCO.[Na+]. The summed E-state index contributed by atoms with van der Waals surface area (Å²) in [5.74, 6) is -3.73. The van der Waals surface area contributed by atoms with Crippen LogP contribution in [-0.2, 0) is 63.7 Å². The number of aliphatic hydroxyl groups is 3. The Balaban J connectivity index is 0.000000607. The Morgan fingerprint density at radius 2 is 0.989 bits per heavy atom. The summed E-state index contributed by atoms with van der Waals surface area (Å²) in [4.78, 5) is 61.1. The second-order valence-corrected chi connectivity index (χ2v) is 24.7. The fraction of sp³-hybridized carbons (Fsp3) is 0.333. The fourth-order valence-electron chi connectivity index (χ4n) is 7.98. The van der Waals surface area contributed by atoms with Gasteiger partial charge in [0, 0.05) is 36.4 Å². The Hall–Kier alpha value is -6.19. The molecule has 34 heteroatoms. The number of benzene rings is 5. The van der Waals surface area contributed by atoms with Crippen LogP contribution in [0.1, 0.15) is 25.0 Å². The van der Waals surface area contributed by atoms with E-state index in [1.807, 2.05) is 0 Å². The summed E-state index contributed by atoms with van der Waals surface area (Å²) < 4.78 is 121. The molecular formula is C54H60N9NaO19S5. The average molecular weight is 1320 g/mol. The van der Waals surface area contributed by atoms with E-state index in [-0.39, 0.29) is 91.2 Å². The molecule has 2 atom stereocenters. The van der Waals surface area contributed by atoms with E-state index >= 15 is 0 Å². The van der Waals surface area contributed by atoms with Crippen molar-refractivity contribution in [2.24, 2.45) is 20.5 Å². The van der Waals surface area contributed by atoms with Gasteiger partial charge in [-0.3, -0.25) is 33.2 Å². The molecule has 28 nitrogen and oxygen atoms in total. The van der Waals surface area contributed by atoms with Crippen LogP contribution in [0.2, 0.25) is 0 Å². The third-order valence-corrected chi connectivity index (χ3v) is 17.6. The summed E-state index contributed by atoms with van der Waals surface area (Å²) in [5, 5.41) is 46.9. The van der Waals surface area contributed by atoms with Gasteiger partial charge in [0.15, 0.2) is 11.6 Å². The molecule has 0 saturated carbocycles. The number of nitrogens with one attached hydrogen (secondary N) is 2. The molecule has 0 aliphatic rings. The number of hydrogen-bond donors (Lipinski definition) is 7. The third-order valence-electron chi connectivity index (χ3n) is 12.1. The summed E-state index contributed by atoms with van der Waals surface area (Å²) in [6.07, 6.45) is 0. The van der Waals surface area contributed by atoms with Gasteiger partial charge >= 0.3 is 29.6 Å². The summed E-state index contributed by atoms with van der Waals surface area (Å²) >= 11 is 2.05. The van der Waals surface area contributed by atoms with Crippen molar-refractivity contribution < 1.29 is 117 Å². The van der Waals surface area contributed by atoms with Gasteiger partial charge < -0.3 is 44.7 Å². The number of amides is 2. The number of azo groups is 2. The van der Waals surface area contributed by atoms with E-state index in [1.54, 1.807) is 43.3 Å². The predicted molar refractivity (Wildman–Crippen MR) is 319 cm³/mol. The zero-order valence-corrected chi connectivity index (χ0v) is 54.0. The number of Topliss-reactive ketones (excluding diaryl/α,β-unsaturated/α-hetero) is 2. The second-order valence-electron chi connectivity index (χ2n) is 18.7. The van der Waals surface area contributed by atoms with Crippen molar-refractivity contribution in [3.63, 3.8) is 0 Å². The number of carbonyl (C=O) groups is 4. The number of fused-ring (bicyclic) bond motifs is 2. The van der Waals surface area contributed by atoms with Gasteiger partial charge in [-0.15, -0.1) is 22.7 Å². The zero-order valence-electron chi connectivity index (χ0n) is 47.9. The number of carbonyl (C=O) groups excluding carboxylic acids is 4. The molecule has 0 saturated heterocycles. The van der Waals surface area contributed by atoms with E-state index in [0.29, 0.717) is 77.4 Å². The molecule has 7 aromatic rings. The van der Waals surface area contributed by atoms with Gasteiger partial charge in [-0.05, 0) is 118 Å². The number of thiazole rings is 2. The van der Waals surface area contributed by atoms with Crippen LogP contribution in [0.4, 0.5) is 22.7 Å². The molecule has 2 aromatic heterocycles. The number of hydrogen-bond acceptors (Lipinski definition) is 26. The van der Waals surface area contributed by atoms with Crippen LogP contribution in [0.5, 0.6) is 0 Å². The molecule has 0 bridgehead atoms. The van der Waals surface area contributed by atoms with Crippen LogP contribution in [0, 0.1) is 13.8 Å². The summed E-state index contributed by atoms with van der Waals surface area (Å²) in [5.41, 5.74) is 1.99. The van der Waals surface area contributed by atoms with Crippen LogP contribution in [0.25, 0.3) is 41.6 Å². The molecule has 0 radical (unpaired) electrons. The van der Waals surface area contributed by atoms with Crippen molar-refractivity contribution in [2.45, 2.75) is 54.5 Å². The Labute approximate surface area is 535 Å². The Kier molecular flexibility index (Phi) is 27.7. The van der Waals surface area contributed by atoms with Crippen LogP contribution in [0.15, 0.2) is 126 Å². The third kappa shape index (κ3) is 20.7. The van der Waals surface area contributed by atoms with E-state index in [4.69, 9.17) is 29.5 Å². The maximum absolute atomic E-state index is 13.3. The van der Waals surface area contributed by atoms with Crippen molar-refractivity contribution >= 4 is 120 Å². The molecule has 0 fully saturated rings. The molecule has 466 valence electrons. The first-order chi connectivity index (χ1) is 41.2. The number of aryl methyl sites for hydroxylation is 2. The van der Waals surface area contributed by atoms with E-state index in [1.165, 1.54) is 43.3 Å². The van der Waals surface area contributed by atoms with Crippen LogP contribution in [-0.4, -0.2) is 184 Å².